The maximum atomic E-state index is 12.5. The molecule has 0 aliphatic carbocycles. The van der Waals surface area contributed by atoms with Gasteiger partial charge in [0.25, 0.3) is 7.82 Å². The zero-order valence-corrected chi connectivity index (χ0v) is 29.3. The van der Waals surface area contributed by atoms with Crippen molar-refractivity contribution in [3.05, 3.63) is 0 Å². The summed E-state index contributed by atoms with van der Waals surface area (Å²) in [5.41, 5.74) is 0. The number of likely N-dealkylation sites (N-methyl/N-ethyl adjacent to an activating group) is 1. The molecule has 0 rings (SSSR count). The lowest BCUT2D eigenvalue weighted by Crippen LogP contribution is -2.37. The van der Waals surface area contributed by atoms with Gasteiger partial charge in [0.2, 0.25) is 0 Å². The molecule has 0 saturated carbocycles. The lowest BCUT2D eigenvalue weighted by Gasteiger charge is -2.28. The highest BCUT2D eigenvalue weighted by atomic mass is 31.2. The number of carbonyl (C=O) groups excluding carboxylic acids is 2. The van der Waals surface area contributed by atoms with Crippen molar-refractivity contribution in [1.82, 2.24) is 0 Å². The van der Waals surface area contributed by atoms with Gasteiger partial charge in [-0.15, -0.1) is 0 Å². The molecular formula is C33H66NO8P. The van der Waals surface area contributed by atoms with Gasteiger partial charge >= 0.3 is 11.9 Å². The van der Waals surface area contributed by atoms with Crippen molar-refractivity contribution in [2.45, 2.75) is 155 Å². The van der Waals surface area contributed by atoms with Gasteiger partial charge < -0.3 is 27.9 Å². The van der Waals surface area contributed by atoms with Crippen LogP contribution in [0.1, 0.15) is 149 Å². The summed E-state index contributed by atoms with van der Waals surface area (Å²) in [7, 11) is 1.17. The third-order valence-electron chi connectivity index (χ3n) is 7.38. The second-order valence-corrected chi connectivity index (χ2v) is 14.3. The van der Waals surface area contributed by atoms with Crippen molar-refractivity contribution < 1.29 is 42.1 Å². The van der Waals surface area contributed by atoms with Crippen LogP contribution in [0.25, 0.3) is 0 Å². The lowest BCUT2D eigenvalue weighted by atomic mass is 10.0. The Morgan fingerprint density at radius 2 is 1.05 bits per heavy atom. The first kappa shape index (κ1) is 42.0. The Labute approximate surface area is 264 Å². The number of hydrogen-bond donors (Lipinski definition) is 0. The maximum absolute atomic E-state index is 12.5. The Morgan fingerprint density at radius 3 is 1.49 bits per heavy atom. The molecule has 2 atom stereocenters. The molecule has 10 heteroatoms. The minimum absolute atomic E-state index is 0.0269. The summed E-state index contributed by atoms with van der Waals surface area (Å²) in [5.74, 6) is -0.844. The molecule has 0 amide bonds. The smallest absolute Gasteiger partial charge is 0.306 e. The van der Waals surface area contributed by atoms with Gasteiger partial charge in [0, 0.05) is 12.8 Å². The molecule has 0 aromatic carbocycles. The van der Waals surface area contributed by atoms with Gasteiger partial charge in [-0.3, -0.25) is 14.2 Å². The summed E-state index contributed by atoms with van der Waals surface area (Å²) in [5, 5.41) is 0. The van der Waals surface area contributed by atoms with Gasteiger partial charge in [-0.2, -0.15) is 0 Å². The number of nitrogens with zero attached hydrogens (tertiary/aromatic N) is 1. The first-order valence-corrected chi connectivity index (χ1v) is 18.7. The fourth-order valence-electron chi connectivity index (χ4n) is 4.59. The molecule has 0 fully saturated rings. The minimum atomic E-state index is -4.60. The van der Waals surface area contributed by atoms with Crippen molar-refractivity contribution in [3.63, 3.8) is 0 Å². The van der Waals surface area contributed by atoms with Crippen molar-refractivity contribution in [2.24, 2.45) is 0 Å². The molecular weight excluding hydrogens is 569 g/mol. The highest BCUT2D eigenvalue weighted by Gasteiger charge is 2.21. The van der Waals surface area contributed by atoms with E-state index in [9.17, 15) is 19.0 Å². The molecule has 0 aromatic heterocycles. The number of hydrogen-bond acceptors (Lipinski definition) is 8. The van der Waals surface area contributed by atoms with Crippen LogP contribution >= 0.6 is 7.82 Å². The van der Waals surface area contributed by atoms with E-state index in [2.05, 4.69) is 13.8 Å². The number of ether oxygens (including phenoxy) is 2. The molecule has 256 valence electrons. The summed E-state index contributed by atoms with van der Waals surface area (Å²) in [6.07, 6.45) is 21.7. The Hall–Kier alpha value is -0.990. The van der Waals surface area contributed by atoms with Gasteiger partial charge in [-0.1, -0.05) is 123 Å². The van der Waals surface area contributed by atoms with E-state index in [0.717, 1.165) is 44.9 Å². The van der Waals surface area contributed by atoms with Crippen LogP contribution in [-0.4, -0.2) is 70.0 Å². The summed E-state index contributed by atoms with van der Waals surface area (Å²) >= 11 is 0. The number of carbonyl (C=O) groups is 2. The third kappa shape index (κ3) is 30.8. The highest BCUT2D eigenvalue weighted by Crippen LogP contribution is 2.38. The normalized spacial score (nSPS) is 13.9. The molecule has 0 aromatic rings. The van der Waals surface area contributed by atoms with Crippen LogP contribution in [0.15, 0.2) is 0 Å². The van der Waals surface area contributed by atoms with E-state index in [0.29, 0.717) is 17.4 Å². The van der Waals surface area contributed by atoms with Gasteiger partial charge in [0.15, 0.2) is 6.10 Å². The molecule has 43 heavy (non-hydrogen) atoms. The van der Waals surface area contributed by atoms with Crippen LogP contribution in [0.4, 0.5) is 0 Å². The molecule has 0 heterocycles. The van der Waals surface area contributed by atoms with Crippen molar-refractivity contribution in [2.75, 3.05) is 47.5 Å². The summed E-state index contributed by atoms with van der Waals surface area (Å²) < 4.78 is 33.5. The monoisotopic (exact) mass is 635 g/mol. The second-order valence-electron chi connectivity index (χ2n) is 12.9. The van der Waals surface area contributed by atoms with E-state index >= 15 is 0 Å². The largest absolute Gasteiger partial charge is 0.756 e. The van der Waals surface area contributed by atoms with Crippen LogP contribution in [0, 0.1) is 0 Å². The predicted octanol–water partition coefficient (Wildman–Crippen LogP) is 7.88. The average Bonchev–Trinajstić information content (AvgIpc) is 2.93. The second kappa shape index (κ2) is 27.3. The van der Waals surface area contributed by atoms with E-state index < -0.39 is 32.5 Å². The zero-order chi connectivity index (χ0) is 32.2. The average molecular weight is 636 g/mol. The van der Waals surface area contributed by atoms with Gasteiger partial charge in [-0.25, -0.2) is 0 Å². The van der Waals surface area contributed by atoms with E-state index in [1.807, 2.05) is 21.1 Å². The Morgan fingerprint density at radius 1 is 0.628 bits per heavy atom. The van der Waals surface area contributed by atoms with Crippen molar-refractivity contribution >= 4 is 19.8 Å². The quantitative estimate of drug-likeness (QED) is 0.0327. The molecule has 0 aliphatic heterocycles. The van der Waals surface area contributed by atoms with E-state index in [1.54, 1.807) is 0 Å². The maximum Gasteiger partial charge on any atom is 0.306 e. The lowest BCUT2D eigenvalue weighted by molar-refractivity contribution is -0.870. The van der Waals surface area contributed by atoms with E-state index in [4.69, 9.17) is 18.5 Å². The molecule has 0 bridgehead atoms. The van der Waals surface area contributed by atoms with Crippen molar-refractivity contribution in [1.29, 1.82) is 0 Å². The first-order chi connectivity index (χ1) is 20.5. The van der Waals surface area contributed by atoms with Crippen LogP contribution in [0.2, 0.25) is 0 Å². The molecule has 0 N–H and O–H groups in total. The van der Waals surface area contributed by atoms with Crippen LogP contribution < -0.4 is 4.89 Å². The number of rotatable bonds is 31. The number of esters is 2. The fraction of sp³-hybridized carbons (Fsp3) is 0.939. The minimum Gasteiger partial charge on any atom is -0.756 e. The molecule has 0 radical (unpaired) electrons. The number of phosphoric ester groups is 1. The van der Waals surface area contributed by atoms with Crippen molar-refractivity contribution in [3.8, 4) is 0 Å². The number of unbranched alkanes of at least 4 members (excludes halogenated alkanes) is 17. The van der Waals surface area contributed by atoms with E-state index in [-0.39, 0.29) is 26.1 Å². The highest BCUT2D eigenvalue weighted by molar-refractivity contribution is 7.45. The molecule has 0 saturated heterocycles. The van der Waals surface area contributed by atoms with Crippen LogP contribution in [-0.2, 0) is 32.7 Å². The fourth-order valence-corrected chi connectivity index (χ4v) is 5.32. The van der Waals surface area contributed by atoms with Gasteiger partial charge in [0.1, 0.15) is 19.8 Å². The molecule has 9 nitrogen and oxygen atoms in total. The van der Waals surface area contributed by atoms with Crippen LogP contribution in [0.5, 0.6) is 0 Å². The van der Waals surface area contributed by atoms with Gasteiger partial charge in [0.05, 0.1) is 27.7 Å². The van der Waals surface area contributed by atoms with Crippen LogP contribution in [0.3, 0.4) is 0 Å². The number of quaternary nitrogens is 1. The standard InChI is InChI=1S/C33H66NO8P/c1-6-8-10-12-13-14-15-16-17-18-19-20-22-24-26-33(36)42-31(29-39-32(35)25-23-21-11-9-7-2)30-41-43(37,38)40-28-27-34(3,4)5/h31H,6-30H2,1-5H3. The topological polar surface area (TPSA) is 111 Å². The van der Waals surface area contributed by atoms with Gasteiger partial charge in [-0.05, 0) is 12.8 Å². The number of phosphoric acid groups is 1. The third-order valence-corrected chi connectivity index (χ3v) is 8.34. The Kier molecular flexibility index (Phi) is 26.7. The Bertz CT molecular complexity index is 728. The Balaban J connectivity index is 4.36. The predicted molar refractivity (Wildman–Crippen MR) is 172 cm³/mol. The zero-order valence-electron chi connectivity index (χ0n) is 28.4. The first-order valence-electron chi connectivity index (χ1n) is 17.2. The summed E-state index contributed by atoms with van der Waals surface area (Å²) in [6.45, 7) is 4.12. The summed E-state index contributed by atoms with van der Waals surface area (Å²) in [4.78, 5) is 36.9. The SMILES string of the molecule is CCCCCCCCCCCCCCCCC(=O)OC(COC(=O)CCCCCCC)COP(=O)([O-])OCC[N+](C)(C)C. The molecule has 0 spiro atoms. The molecule has 2 unspecified atom stereocenters. The summed E-state index contributed by atoms with van der Waals surface area (Å²) in [6, 6.07) is 0. The van der Waals surface area contributed by atoms with E-state index in [1.165, 1.54) is 70.6 Å². The molecule has 0 aliphatic rings.